The molecule has 25 heavy (non-hydrogen) atoms. The van der Waals surface area contributed by atoms with E-state index in [1.807, 2.05) is 20.0 Å². The summed E-state index contributed by atoms with van der Waals surface area (Å²) in [7, 11) is 1.85. The lowest BCUT2D eigenvalue weighted by Gasteiger charge is -2.21. The average Bonchev–Trinajstić information content (AvgIpc) is 3.08. The molecule has 1 atom stereocenters. The summed E-state index contributed by atoms with van der Waals surface area (Å²) >= 11 is 0. The van der Waals surface area contributed by atoms with Crippen LogP contribution in [0.5, 0.6) is 0 Å². The Bertz CT molecular complexity index is 485. The molecule has 0 aromatic heterocycles. The van der Waals surface area contributed by atoms with E-state index in [0.29, 0.717) is 12.5 Å². The zero-order valence-corrected chi connectivity index (χ0v) is 17.8. The van der Waals surface area contributed by atoms with E-state index in [-0.39, 0.29) is 24.0 Å². The number of hydrogen-bond donors (Lipinski definition) is 1. The van der Waals surface area contributed by atoms with Crippen LogP contribution in [0.15, 0.2) is 35.3 Å². The Hall–Kier alpha value is -0.860. The van der Waals surface area contributed by atoms with Crippen molar-refractivity contribution >= 4 is 29.9 Å². The van der Waals surface area contributed by atoms with Gasteiger partial charge in [-0.15, -0.1) is 24.0 Å². The second-order valence-corrected chi connectivity index (χ2v) is 6.13. The smallest absolute Gasteiger partial charge is 0.193 e. The van der Waals surface area contributed by atoms with Crippen LogP contribution in [0.2, 0.25) is 0 Å². The highest BCUT2D eigenvalue weighted by Gasteiger charge is 2.24. The fourth-order valence-corrected chi connectivity index (χ4v) is 2.93. The van der Waals surface area contributed by atoms with Gasteiger partial charge in [-0.1, -0.05) is 30.3 Å². The van der Waals surface area contributed by atoms with Gasteiger partial charge in [0.1, 0.15) is 0 Å². The van der Waals surface area contributed by atoms with Crippen molar-refractivity contribution in [2.45, 2.75) is 26.4 Å². The van der Waals surface area contributed by atoms with Gasteiger partial charge in [-0.25, -0.2) is 0 Å². The zero-order chi connectivity index (χ0) is 17.0. The number of rotatable bonds is 9. The summed E-state index contributed by atoms with van der Waals surface area (Å²) in [6.45, 7) is 8.08. The average molecular weight is 461 g/mol. The molecule has 1 N–H and O–H groups in total. The standard InChI is InChI=1S/C19H31N3O2.HI/c1-3-23-13-7-11-21-19(20-2)22-12-10-18(14-22)16-24-15-17-8-5-4-6-9-17;/h4-6,8-9,18H,3,7,10-16H2,1-2H3,(H,20,21);1H. The summed E-state index contributed by atoms with van der Waals surface area (Å²) in [5.74, 6) is 1.58. The van der Waals surface area contributed by atoms with Gasteiger partial charge in [0.25, 0.3) is 0 Å². The van der Waals surface area contributed by atoms with Crippen LogP contribution in [0.25, 0.3) is 0 Å². The van der Waals surface area contributed by atoms with Crippen molar-refractivity contribution in [3.8, 4) is 0 Å². The van der Waals surface area contributed by atoms with Gasteiger partial charge in [-0.2, -0.15) is 0 Å². The molecule has 1 heterocycles. The Kier molecular flexibility index (Phi) is 11.9. The van der Waals surface area contributed by atoms with Gasteiger partial charge >= 0.3 is 0 Å². The van der Waals surface area contributed by atoms with E-state index < -0.39 is 0 Å². The van der Waals surface area contributed by atoms with Crippen LogP contribution in [-0.2, 0) is 16.1 Å². The first-order valence-electron chi connectivity index (χ1n) is 8.98. The fourth-order valence-electron chi connectivity index (χ4n) is 2.93. The van der Waals surface area contributed by atoms with Crippen molar-refractivity contribution in [3.05, 3.63) is 35.9 Å². The van der Waals surface area contributed by atoms with Gasteiger partial charge in [-0.05, 0) is 25.3 Å². The highest BCUT2D eigenvalue weighted by molar-refractivity contribution is 14.0. The van der Waals surface area contributed by atoms with Crippen molar-refractivity contribution in [2.24, 2.45) is 10.9 Å². The molecule has 142 valence electrons. The Morgan fingerprint density at radius 1 is 1.28 bits per heavy atom. The lowest BCUT2D eigenvalue weighted by Crippen LogP contribution is -2.40. The Morgan fingerprint density at radius 3 is 2.80 bits per heavy atom. The molecule has 0 radical (unpaired) electrons. The third-order valence-electron chi connectivity index (χ3n) is 4.21. The summed E-state index contributed by atoms with van der Waals surface area (Å²) in [4.78, 5) is 6.73. The molecule has 1 fully saturated rings. The van der Waals surface area contributed by atoms with Crippen molar-refractivity contribution in [3.63, 3.8) is 0 Å². The molecular weight excluding hydrogens is 429 g/mol. The minimum Gasteiger partial charge on any atom is -0.382 e. The maximum absolute atomic E-state index is 5.89. The molecule has 2 rings (SSSR count). The molecular formula is C19H32IN3O2. The van der Waals surface area contributed by atoms with Crippen LogP contribution < -0.4 is 5.32 Å². The topological polar surface area (TPSA) is 46.1 Å². The predicted molar refractivity (Wildman–Crippen MR) is 114 cm³/mol. The Balaban J connectivity index is 0.00000312. The molecule has 0 spiro atoms. The monoisotopic (exact) mass is 461 g/mol. The predicted octanol–water partition coefficient (Wildman–Crippen LogP) is 3.15. The van der Waals surface area contributed by atoms with Crippen molar-refractivity contribution < 1.29 is 9.47 Å². The van der Waals surface area contributed by atoms with Crippen LogP contribution >= 0.6 is 24.0 Å². The van der Waals surface area contributed by atoms with Crippen LogP contribution in [0, 0.1) is 5.92 Å². The number of nitrogens with zero attached hydrogens (tertiary/aromatic N) is 2. The molecule has 1 saturated heterocycles. The normalized spacial score (nSPS) is 17.4. The highest BCUT2D eigenvalue weighted by Crippen LogP contribution is 2.17. The molecule has 0 saturated carbocycles. The number of nitrogens with one attached hydrogen (secondary N) is 1. The number of aliphatic imine (C=N–C) groups is 1. The number of likely N-dealkylation sites (tertiary alicyclic amines) is 1. The van der Waals surface area contributed by atoms with Crippen molar-refractivity contribution in [2.75, 3.05) is 46.5 Å². The molecule has 5 nitrogen and oxygen atoms in total. The molecule has 0 amide bonds. The molecule has 6 heteroatoms. The third kappa shape index (κ3) is 8.37. The van der Waals surface area contributed by atoms with E-state index in [2.05, 4.69) is 39.5 Å². The summed E-state index contributed by atoms with van der Waals surface area (Å²) in [5.41, 5.74) is 1.24. The SMILES string of the molecule is CCOCCCNC(=NC)N1CCC(COCc2ccccc2)C1.I. The van der Waals surface area contributed by atoms with E-state index >= 15 is 0 Å². The first-order chi connectivity index (χ1) is 11.8. The van der Waals surface area contributed by atoms with Gasteiger partial charge in [0, 0.05) is 45.8 Å². The zero-order valence-electron chi connectivity index (χ0n) is 15.4. The van der Waals surface area contributed by atoms with E-state index in [1.54, 1.807) is 0 Å². The van der Waals surface area contributed by atoms with Crippen molar-refractivity contribution in [1.29, 1.82) is 0 Å². The van der Waals surface area contributed by atoms with E-state index in [4.69, 9.17) is 9.47 Å². The fraction of sp³-hybridized carbons (Fsp3) is 0.632. The van der Waals surface area contributed by atoms with Gasteiger partial charge in [-0.3, -0.25) is 4.99 Å². The summed E-state index contributed by atoms with van der Waals surface area (Å²) in [5, 5.41) is 3.43. The first kappa shape index (κ1) is 22.2. The lowest BCUT2D eigenvalue weighted by atomic mass is 10.1. The molecule has 1 unspecified atom stereocenters. The minimum absolute atomic E-state index is 0. The summed E-state index contributed by atoms with van der Waals surface area (Å²) < 4.78 is 11.2. The molecule has 1 aliphatic rings. The van der Waals surface area contributed by atoms with Gasteiger partial charge in [0.15, 0.2) is 5.96 Å². The Labute approximate surface area is 169 Å². The van der Waals surface area contributed by atoms with Crippen molar-refractivity contribution in [1.82, 2.24) is 10.2 Å². The van der Waals surface area contributed by atoms with Gasteiger partial charge < -0.3 is 19.7 Å². The number of hydrogen-bond acceptors (Lipinski definition) is 3. The minimum atomic E-state index is 0. The Morgan fingerprint density at radius 2 is 2.08 bits per heavy atom. The number of guanidine groups is 1. The molecule has 0 aliphatic carbocycles. The van der Waals surface area contributed by atoms with E-state index in [9.17, 15) is 0 Å². The van der Waals surface area contributed by atoms with E-state index in [1.165, 1.54) is 5.56 Å². The lowest BCUT2D eigenvalue weighted by molar-refractivity contribution is 0.0906. The van der Waals surface area contributed by atoms with Gasteiger partial charge in [0.2, 0.25) is 0 Å². The second kappa shape index (κ2) is 13.4. The largest absolute Gasteiger partial charge is 0.382 e. The van der Waals surface area contributed by atoms with Gasteiger partial charge in [0.05, 0.1) is 13.2 Å². The van der Waals surface area contributed by atoms with E-state index in [0.717, 1.165) is 58.3 Å². The number of benzene rings is 1. The number of halogens is 1. The maximum atomic E-state index is 5.89. The third-order valence-corrected chi connectivity index (χ3v) is 4.21. The summed E-state index contributed by atoms with van der Waals surface area (Å²) in [6.07, 6.45) is 2.17. The first-order valence-corrected chi connectivity index (χ1v) is 8.98. The maximum Gasteiger partial charge on any atom is 0.193 e. The summed E-state index contributed by atoms with van der Waals surface area (Å²) in [6, 6.07) is 10.4. The number of ether oxygens (including phenoxy) is 2. The molecule has 1 aliphatic heterocycles. The second-order valence-electron chi connectivity index (χ2n) is 6.13. The van der Waals surface area contributed by atoms with Crippen LogP contribution in [0.4, 0.5) is 0 Å². The highest BCUT2D eigenvalue weighted by atomic mass is 127. The van der Waals surface area contributed by atoms with Crippen LogP contribution in [0.1, 0.15) is 25.3 Å². The van der Waals surface area contributed by atoms with Crippen LogP contribution in [-0.4, -0.2) is 57.4 Å². The molecule has 0 bridgehead atoms. The molecule has 1 aromatic carbocycles. The quantitative estimate of drug-likeness (QED) is 0.266. The molecule has 1 aromatic rings. The van der Waals surface area contributed by atoms with Crippen LogP contribution in [0.3, 0.4) is 0 Å².